The molecule has 0 spiro atoms. The summed E-state index contributed by atoms with van der Waals surface area (Å²) >= 11 is 0. The van der Waals surface area contributed by atoms with Crippen LogP contribution in [0.4, 0.5) is 0 Å². The van der Waals surface area contributed by atoms with Gasteiger partial charge in [0.15, 0.2) is 0 Å². The lowest BCUT2D eigenvalue weighted by atomic mass is 9.81. The second kappa shape index (κ2) is 23.1. The Labute approximate surface area is 576 Å². The van der Waals surface area contributed by atoms with Crippen molar-refractivity contribution in [3.8, 4) is 107 Å². The van der Waals surface area contributed by atoms with Crippen molar-refractivity contribution in [1.29, 1.82) is 0 Å². The largest absolute Gasteiger partial charge is 0.458 e. The molecule has 15 aromatic rings. The van der Waals surface area contributed by atoms with E-state index in [1.54, 1.807) is 57.3 Å². The van der Waals surface area contributed by atoms with E-state index in [1.807, 2.05) is 53.1 Å². The molecule has 91 heavy (non-hydrogen) atoms. The maximum atomic E-state index is 10.8. The van der Waals surface area contributed by atoms with Crippen LogP contribution in [0, 0.1) is 6.33 Å². The van der Waals surface area contributed by atoms with Crippen LogP contribution in [0.25, 0.3) is 128 Å². The van der Waals surface area contributed by atoms with Crippen LogP contribution in [0.3, 0.4) is 0 Å². The number of hydrogen-bond donors (Lipinski definition) is 0. The summed E-state index contributed by atoms with van der Waals surface area (Å²) in [6.45, 7) is 11.3. The van der Waals surface area contributed by atoms with Gasteiger partial charge < -0.3 is 4.74 Å². The first-order valence-corrected chi connectivity index (χ1v) is 28.9. The SMILES string of the molecule is [2H]c1c([2H])c([2H])c(-c2ccc3c(c2)n(-c2cccc(Oc4ccc5c6ccccc6n(-c6cc(C(C)(C)C)ccn6)c5c4)c2)[c-][n+]3-c2c(-c3c([2H])c(-c4c([2H])c([2H])c([2H])c([2H])c4[2H])c([2H])c(-c4c([2H])c([2H])c([2H])c([2H])c4[2H])c3[2H])cc(C(C)(C)C)cc2-c2c([2H])c(-c3c([2H])c([2H])c([2H])c([2H])c3[2H])c([2H])c(-c3c([2H])c([2H])c([2H])c([2H])c3[2H])c2[2H])c([2H])c1[2H]. The van der Waals surface area contributed by atoms with Crippen LogP contribution in [-0.2, 0) is 10.8 Å². The fourth-order valence-electron chi connectivity index (χ4n) is 11.0. The highest BCUT2D eigenvalue weighted by molar-refractivity contribution is 6.09. The number of nitrogens with zero attached hydrogens (tertiary/aromatic N) is 4. The van der Waals surface area contributed by atoms with E-state index in [1.165, 1.54) is 39.5 Å². The van der Waals surface area contributed by atoms with Crippen LogP contribution in [0.5, 0.6) is 11.5 Å². The Bertz CT molecular complexity index is 6600. The predicted molar refractivity (Wildman–Crippen MR) is 378 cm³/mol. The third-order valence-electron chi connectivity index (χ3n) is 15.5. The first kappa shape index (κ1) is 31.9. The number of pyridine rings is 1. The summed E-state index contributed by atoms with van der Waals surface area (Å²) in [6.07, 6.45) is 5.13. The third kappa shape index (κ3) is 11.0. The molecule has 0 saturated heterocycles. The molecule has 0 aliphatic heterocycles. The number of benzene rings is 12. The van der Waals surface area contributed by atoms with Gasteiger partial charge in [-0.1, -0.05) is 241 Å². The summed E-state index contributed by atoms with van der Waals surface area (Å²) < 4.78 is 302. The molecule has 3 aromatic heterocycles. The number of rotatable bonds is 12. The molecule has 3 heterocycles. The monoisotopic (exact) mass is 1200 g/mol. The van der Waals surface area contributed by atoms with Gasteiger partial charge in [-0.25, -0.2) is 4.98 Å². The van der Waals surface area contributed by atoms with Crippen molar-refractivity contribution in [2.45, 2.75) is 52.4 Å². The third-order valence-corrected chi connectivity index (χ3v) is 15.5. The Morgan fingerprint density at radius 1 is 0.396 bits per heavy atom. The molecule has 0 aliphatic rings. The molecule has 438 valence electrons. The van der Waals surface area contributed by atoms with Crippen molar-refractivity contribution in [2.75, 3.05) is 0 Å². The molecule has 5 nitrogen and oxygen atoms in total. The summed E-state index contributed by atoms with van der Waals surface area (Å²) in [6, 6.07) is 1.48. The van der Waals surface area contributed by atoms with Crippen molar-refractivity contribution >= 4 is 32.8 Å². The average molecular weight is 1200 g/mol. The minimum Gasteiger partial charge on any atom is -0.458 e. The molecule has 0 radical (unpaired) electrons. The Hall–Kier alpha value is -11.1. The smallest absolute Gasteiger partial charge is 0.269 e. The molecule has 0 amide bonds. The highest BCUT2D eigenvalue weighted by atomic mass is 16.5. The summed E-state index contributed by atoms with van der Waals surface area (Å²) in [5, 5.41) is 1.77. The van der Waals surface area contributed by atoms with Crippen molar-refractivity contribution in [3.05, 3.63) is 320 Å². The normalized spacial score (nSPS) is 16.6. The number of aromatic nitrogens is 4. The zero-order chi connectivity index (χ0) is 88.8. The molecule has 0 N–H and O–H groups in total. The Kier molecular flexibility index (Phi) is 8.09. The lowest BCUT2D eigenvalue weighted by molar-refractivity contribution is -0.571. The van der Waals surface area contributed by atoms with E-state index in [4.69, 9.17) is 30.3 Å². The number of ether oxygens (including phenoxy) is 1. The average Bonchev–Trinajstić information content (AvgIpc) is 1.04. The topological polar surface area (TPSA) is 35.9 Å². The fourth-order valence-corrected chi connectivity index (χ4v) is 11.0. The minimum atomic E-state index is -1.27. The first-order chi connectivity index (χ1) is 57.3. The van der Waals surface area contributed by atoms with Crippen molar-refractivity contribution in [2.24, 2.45) is 0 Å². The van der Waals surface area contributed by atoms with Gasteiger partial charge in [0.05, 0.1) is 75.9 Å². The van der Waals surface area contributed by atoms with E-state index in [2.05, 4.69) is 27.1 Å². The number of hydrogen-bond acceptors (Lipinski definition) is 2. The number of imidazole rings is 1. The molecule has 0 saturated carbocycles. The predicted octanol–water partition coefficient (Wildman–Crippen LogP) is 22.3. The number of fused-ring (bicyclic) bond motifs is 4. The quantitative estimate of drug-likeness (QED) is 0.0903. The lowest BCUT2D eigenvalue weighted by Crippen LogP contribution is -2.32. The molecular weight excluding hydrogens is 1100 g/mol. The molecule has 0 fully saturated rings. The first-order valence-electron chi connectivity index (χ1n) is 44.4. The Balaban J connectivity index is 1.15. The van der Waals surface area contributed by atoms with Gasteiger partial charge in [-0.15, -0.1) is 0 Å². The molecule has 5 heteroatoms. The Morgan fingerprint density at radius 2 is 0.879 bits per heavy atom. The van der Waals surface area contributed by atoms with E-state index in [0.29, 0.717) is 17.1 Å². The van der Waals surface area contributed by atoms with E-state index < -0.39 is 265 Å². The van der Waals surface area contributed by atoms with Crippen LogP contribution in [0.1, 0.15) is 95.2 Å². The van der Waals surface area contributed by atoms with Crippen LogP contribution in [0.2, 0.25) is 0 Å². The van der Waals surface area contributed by atoms with Crippen molar-refractivity contribution < 1.29 is 51.8 Å². The van der Waals surface area contributed by atoms with Gasteiger partial charge >= 0.3 is 0 Å². The minimum absolute atomic E-state index is 0.00383. The van der Waals surface area contributed by atoms with E-state index >= 15 is 0 Å². The summed E-state index contributed by atoms with van der Waals surface area (Å²) in [5.41, 5.74) is -8.91. The highest BCUT2D eigenvalue weighted by Gasteiger charge is 2.27. The molecule has 0 atom stereocenters. The lowest BCUT2D eigenvalue weighted by Gasteiger charge is -2.26. The van der Waals surface area contributed by atoms with Gasteiger partial charge in [0.1, 0.15) is 17.3 Å². The van der Waals surface area contributed by atoms with Crippen molar-refractivity contribution in [1.82, 2.24) is 14.1 Å². The van der Waals surface area contributed by atoms with Crippen LogP contribution in [0.15, 0.2) is 303 Å². The second-order valence-corrected chi connectivity index (χ2v) is 23.4. The van der Waals surface area contributed by atoms with Gasteiger partial charge in [0.25, 0.3) is 6.33 Å². The molecule has 0 unspecified atom stereocenters. The molecule has 0 aliphatic carbocycles. The fraction of sp³-hybridized carbons (Fsp3) is 0.0930. The van der Waals surface area contributed by atoms with Gasteiger partial charge in [-0.3, -0.25) is 13.7 Å². The maximum Gasteiger partial charge on any atom is 0.269 e. The second-order valence-electron chi connectivity index (χ2n) is 23.4. The summed E-state index contributed by atoms with van der Waals surface area (Å²) in [7, 11) is 0. The van der Waals surface area contributed by atoms with Gasteiger partial charge in [0.2, 0.25) is 0 Å². The summed E-state index contributed by atoms with van der Waals surface area (Å²) in [4.78, 5) is 4.84. The Morgan fingerprint density at radius 3 is 1.41 bits per heavy atom. The zero-order valence-corrected chi connectivity index (χ0v) is 49.7. The van der Waals surface area contributed by atoms with Crippen molar-refractivity contribution in [3.63, 3.8) is 0 Å². The molecule has 12 aromatic carbocycles. The van der Waals surface area contributed by atoms with E-state index in [9.17, 15) is 21.9 Å². The molecule has 15 rings (SSSR count). The standard InChI is InChI=1S/C86H68N4O/c1-85(2,3)70-43-44-87-83(54-70)90-79-38-23-22-37-75(79)76-41-40-74(56-81(76)90)91-73-36-24-35-72(55-73)88-57-89(80-42-39-63(51-82(80)88)58-25-12-7-13-26-58)84-77(68-47-64(59-27-14-8-15-28-59)45-65(48-68)60-29-16-9-17-30-60)52-71(86(4,5)6)53-78(84)69-49-66(61-31-18-10-19-32-61)46-67(50-69)62-33-20-11-21-34-62/h7-56H,1-6H3/i7D,8D,9D,10D,11D,12D,13D,14D,15D,16D,17D,18D,19D,20D,21D,25D,26D,27D,28D,29D,30D,31D,32D,33D,34D,45D,46D,47D,48D,49D,50D. The van der Waals surface area contributed by atoms with Crippen LogP contribution < -0.4 is 9.30 Å². The maximum absolute atomic E-state index is 10.8. The van der Waals surface area contributed by atoms with Gasteiger partial charge in [-0.2, -0.15) is 0 Å². The zero-order valence-electron chi connectivity index (χ0n) is 80.7. The highest BCUT2D eigenvalue weighted by Crippen LogP contribution is 2.45. The van der Waals surface area contributed by atoms with E-state index in [0.717, 1.165) is 21.9 Å². The van der Waals surface area contributed by atoms with Gasteiger partial charge in [0, 0.05) is 23.0 Å². The number of para-hydroxylation sites is 1. The molecular formula is C86H68N4O. The van der Waals surface area contributed by atoms with Gasteiger partial charge in [-0.05, 0) is 191 Å². The molecule has 0 bridgehead atoms. The summed E-state index contributed by atoms with van der Waals surface area (Å²) in [5.74, 6) is 1.11. The van der Waals surface area contributed by atoms with E-state index in [-0.39, 0.29) is 44.6 Å². The van der Waals surface area contributed by atoms with Crippen LogP contribution >= 0.6 is 0 Å². The van der Waals surface area contributed by atoms with Crippen LogP contribution in [-0.4, -0.2) is 14.1 Å².